The zero-order valence-corrected chi connectivity index (χ0v) is 10.8. The molecule has 1 aliphatic rings. The zero-order valence-electron chi connectivity index (χ0n) is 9.99. The van der Waals surface area contributed by atoms with Crippen LogP contribution in [0.5, 0.6) is 0 Å². The van der Waals surface area contributed by atoms with Crippen molar-refractivity contribution in [1.82, 2.24) is 9.44 Å². The molecule has 0 heterocycles. The van der Waals surface area contributed by atoms with Crippen LogP contribution in [-0.4, -0.2) is 32.7 Å². The molecule has 0 aromatic heterocycles. The van der Waals surface area contributed by atoms with Crippen LogP contribution in [0.2, 0.25) is 0 Å². The number of nitrogens with one attached hydrogen (secondary N) is 2. The third-order valence-electron chi connectivity index (χ3n) is 3.03. The first-order valence-corrected chi connectivity index (χ1v) is 7.25. The molecule has 5 nitrogen and oxygen atoms in total. The maximum atomic E-state index is 11.6. The van der Waals surface area contributed by atoms with Crippen LogP contribution in [0.25, 0.3) is 0 Å². The zero-order chi connectivity index (χ0) is 12.2. The van der Waals surface area contributed by atoms with Gasteiger partial charge in [-0.15, -0.1) is 0 Å². The van der Waals surface area contributed by atoms with E-state index in [1.54, 1.807) is 13.8 Å². The summed E-state index contributed by atoms with van der Waals surface area (Å²) in [5.41, 5.74) is -0.244. The van der Waals surface area contributed by atoms with Crippen molar-refractivity contribution in [3.63, 3.8) is 0 Å². The lowest BCUT2D eigenvalue weighted by Crippen LogP contribution is -2.45. The van der Waals surface area contributed by atoms with Crippen molar-refractivity contribution in [2.24, 2.45) is 5.41 Å². The van der Waals surface area contributed by atoms with Crippen molar-refractivity contribution in [3.05, 3.63) is 0 Å². The van der Waals surface area contributed by atoms with E-state index in [1.807, 2.05) is 0 Å². The second kappa shape index (κ2) is 5.44. The highest BCUT2D eigenvalue weighted by molar-refractivity contribution is 7.87. The van der Waals surface area contributed by atoms with Gasteiger partial charge in [-0.1, -0.05) is 12.8 Å². The van der Waals surface area contributed by atoms with Gasteiger partial charge in [0.2, 0.25) is 0 Å². The number of rotatable bonds is 6. The summed E-state index contributed by atoms with van der Waals surface area (Å²) >= 11 is 0. The van der Waals surface area contributed by atoms with E-state index in [4.69, 9.17) is 0 Å². The molecule has 16 heavy (non-hydrogen) atoms. The summed E-state index contributed by atoms with van der Waals surface area (Å²) in [6.07, 6.45) is 3.93. The van der Waals surface area contributed by atoms with Gasteiger partial charge in [0.1, 0.15) is 0 Å². The quantitative estimate of drug-likeness (QED) is 0.637. The fourth-order valence-corrected chi connectivity index (χ4v) is 3.32. The molecule has 0 aromatic carbocycles. The van der Waals surface area contributed by atoms with Crippen molar-refractivity contribution in [3.8, 4) is 0 Å². The van der Waals surface area contributed by atoms with Crippen molar-refractivity contribution >= 4 is 10.2 Å². The summed E-state index contributed by atoms with van der Waals surface area (Å²) in [6.45, 7) is 3.93. The van der Waals surface area contributed by atoms with Crippen molar-refractivity contribution in [1.29, 1.82) is 0 Å². The predicted octanol–water partition coefficient (Wildman–Crippen LogP) is 0.371. The van der Waals surface area contributed by atoms with E-state index in [9.17, 15) is 13.5 Å². The van der Waals surface area contributed by atoms with E-state index in [0.29, 0.717) is 6.54 Å². The molecule has 0 radical (unpaired) electrons. The Bertz CT molecular complexity index is 308. The minimum atomic E-state index is -3.43. The molecule has 3 N–H and O–H groups in total. The van der Waals surface area contributed by atoms with Gasteiger partial charge in [-0.3, -0.25) is 0 Å². The van der Waals surface area contributed by atoms with Crippen LogP contribution in [0.4, 0.5) is 0 Å². The highest BCUT2D eigenvalue weighted by Gasteiger charge is 2.34. The second-order valence-corrected chi connectivity index (χ2v) is 6.49. The Labute approximate surface area is 97.8 Å². The van der Waals surface area contributed by atoms with Gasteiger partial charge in [-0.05, 0) is 26.7 Å². The first kappa shape index (κ1) is 13.9. The van der Waals surface area contributed by atoms with Crippen LogP contribution >= 0.6 is 0 Å². The molecular weight excluding hydrogens is 228 g/mol. The van der Waals surface area contributed by atoms with Gasteiger partial charge in [0, 0.05) is 24.6 Å². The Hall–Kier alpha value is -0.170. The molecule has 0 bridgehead atoms. The maximum Gasteiger partial charge on any atom is 0.277 e. The Morgan fingerprint density at radius 2 is 1.88 bits per heavy atom. The van der Waals surface area contributed by atoms with Gasteiger partial charge >= 0.3 is 0 Å². The normalized spacial score (nSPS) is 20.5. The van der Waals surface area contributed by atoms with Crippen molar-refractivity contribution in [2.45, 2.75) is 45.6 Å². The van der Waals surface area contributed by atoms with Gasteiger partial charge in [0.15, 0.2) is 0 Å². The highest BCUT2D eigenvalue weighted by atomic mass is 32.2. The molecule has 0 spiro atoms. The number of hydrogen-bond donors (Lipinski definition) is 3. The maximum absolute atomic E-state index is 11.6. The van der Waals surface area contributed by atoms with E-state index >= 15 is 0 Å². The molecule has 1 rings (SSSR count). The molecule has 96 valence electrons. The van der Waals surface area contributed by atoms with Gasteiger partial charge < -0.3 is 5.11 Å². The van der Waals surface area contributed by atoms with Crippen LogP contribution in [0.15, 0.2) is 0 Å². The Kier molecular flexibility index (Phi) is 4.73. The molecular formula is C10H22N2O3S. The highest BCUT2D eigenvalue weighted by Crippen LogP contribution is 2.36. The van der Waals surface area contributed by atoms with Gasteiger partial charge in [0.05, 0.1) is 0 Å². The molecule has 1 fully saturated rings. The Morgan fingerprint density at radius 1 is 1.31 bits per heavy atom. The number of hydrogen-bond acceptors (Lipinski definition) is 3. The predicted molar refractivity (Wildman–Crippen MR) is 63.2 cm³/mol. The lowest BCUT2D eigenvalue weighted by atomic mass is 9.88. The van der Waals surface area contributed by atoms with Crippen molar-refractivity contribution < 1.29 is 13.5 Å². The largest absolute Gasteiger partial charge is 0.396 e. The standard InChI is InChI=1S/C10H22N2O3S/c1-9(2)12-16(14,15)11-7-10(8-13)5-3-4-6-10/h9,11-13H,3-8H2,1-2H3. The smallest absolute Gasteiger partial charge is 0.277 e. The Morgan fingerprint density at radius 3 is 2.31 bits per heavy atom. The average molecular weight is 250 g/mol. The lowest BCUT2D eigenvalue weighted by Gasteiger charge is -2.26. The monoisotopic (exact) mass is 250 g/mol. The summed E-state index contributed by atoms with van der Waals surface area (Å²) in [5.74, 6) is 0. The summed E-state index contributed by atoms with van der Waals surface area (Å²) in [6, 6.07) is -0.119. The van der Waals surface area contributed by atoms with Crippen LogP contribution in [0, 0.1) is 5.41 Å². The van der Waals surface area contributed by atoms with E-state index in [1.165, 1.54) is 0 Å². The van der Waals surface area contributed by atoms with Gasteiger partial charge in [-0.2, -0.15) is 13.1 Å². The summed E-state index contributed by atoms with van der Waals surface area (Å²) < 4.78 is 28.1. The topological polar surface area (TPSA) is 78.4 Å². The van der Waals surface area contributed by atoms with E-state index < -0.39 is 10.2 Å². The molecule has 0 unspecified atom stereocenters. The third-order valence-corrected chi connectivity index (χ3v) is 4.33. The first-order valence-electron chi connectivity index (χ1n) is 5.77. The molecule has 0 atom stereocenters. The Balaban J connectivity index is 2.49. The third kappa shape index (κ3) is 4.01. The summed E-state index contributed by atoms with van der Waals surface area (Å²) in [7, 11) is -3.43. The fraction of sp³-hybridized carbons (Fsp3) is 1.00. The van der Waals surface area contributed by atoms with Crippen LogP contribution in [-0.2, 0) is 10.2 Å². The molecule has 0 amide bonds. The SMILES string of the molecule is CC(C)NS(=O)(=O)NCC1(CO)CCCC1. The number of aliphatic hydroxyl groups excluding tert-OH is 1. The van der Waals surface area contributed by atoms with Gasteiger partial charge in [-0.25, -0.2) is 4.72 Å². The second-order valence-electron chi connectivity index (χ2n) is 4.96. The average Bonchev–Trinajstić information content (AvgIpc) is 2.62. The van der Waals surface area contributed by atoms with Crippen molar-refractivity contribution in [2.75, 3.05) is 13.2 Å². The minimum absolute atomic E-state index is 0.0528. The van der Waals surface area contributed by atoms with Crippen LogP contribution < -0.4 is 9.44 Å². The number of aliphatic hydroxyl groups is 1. The van der Waals surface area contributed by atoms with E-state index in [2.05, 4.69) is 9.44 Å². The minimum Gasteiger partial charge on any atom is -0.396 e. The van der Waals surface area contributed by atoms with Gasteiger partial charge in [0.25, 0.3) is 10.2 Å². The fourth-order valence-electron chi connectivity index (χ4n) is 2.12. The molecule has 0 saturated heterocycles. The molecule has 1 saturated carbocycles. The van der Waals surface area contributed by atoms with E-state index in [-0.39, 0.29) is 18.1 Å². The molecule has 6 heteroatoms. The molecule has 1 aliphatic carbocycles. The van der Waals surface area contributed by atoms with Crippen LogP contribution in [0.3, 0.4) is 0 Å². The first-order chi connectivity index (χ1) is 7.39. The molecule has 0 aromatic rings. The van der Waals surface area contributed by atoms with Crippen LogP contribution in [0.1, 0.15) is 39.5 Å². The lowest BCUT2D eigenvalue weighted by molar-refractivity contribution is 0.134. The molecule has 0 aliphatic heterocycles. The summed E-state index contributed by atoms with van der Waals surface area (Å²) in [4.78, 5) is 0. The summed E-state index contributed by atoms with van der Waals surface area (Å²) in [5, 5.41) is 9.34. The van der Waals surface area contributed by atoms with E-state index in [0.717, 1.165) is 25.7 Å².